The number of hydrogen-bond donors (Lipinski definition) is 2. The van der Waals surface area contributed by atoms with Crippen LogP contribution in [0.1, 0.15) is 16.8 Å². The fraction of sp³-hybridized carbons (Fsp3) is 0.300. The number of nitrogens with one attached hydrogen (secondary N) is 1. The lowest BCUT2D eigenvalue weighted by atomic mass is 10.2. The van der Waals surface area contributed by atoms with Gasteiger partial charge < -0.3 is 11.1 Å². The van der Waals surface area contributed by atoms with Crippen LogP contribution in [0.15, 0.2) is 18.2 Å². The molecule has 0 saturated carbocycles. The first-order chi connectivity index (χ1) is 7.16. The van der Waals surface area contributed by atoms with Crippen LogP contribution in [0.2, 0.25) is 10.0 Å². The highest BCUT2D eigenvalue weighted by molar-refractivity contribution is 6.39. The lowest BCUT2D eigenvalue weighted by Gasteiger charge is -2.07. The quantitative estimate of drug-likeness (QED) is 0.800. The molecule has 1 rings (SSSR count). The van der Waals surface area contributed by atoms with E-state index in [1.165, 1.54) is 0 Å². The average molecular weight is 247 g/mol. The number of nitrogens with two attached hydrogens (primary N) is 1. The normalized spacial score (nSPS) is 10.1. The minimum Gasteiger partial charge on any atom is -0.352 e. The summed E-state index contributed by atoms with van der Waals surface area (Å²) in [4.78, 5) is 11.6. The molecular formula is C10H12Cl2N2O. The molecule has 0 bridgehead atoms. The molecule has 0 fully saturated rings. The average Bonchev–Trinajstić information content (AvgIpc) is 2.18. The van der Waals surface area contributed by atoms with E-state index in [2.05, 4.69) is 5.32 Å². The van der Waals surface area contributed by atoms with Crippen molar-refractivity contribution in [2.45, 2.75) is 6.42 Å². The third kappa shape index (κ3) is 3.38. The van der Waals surface area contributed by atoms with Crippen LogP contribution in [0.3, 0.4) is 0 Å². The predicted octanol–water partition coefficient (Wildman–Crippen LogP) is 2.07. The van der Waals surface area contributed by atoms with Gasteiger partial charge in [-0.3, -0.25) is 4.79 Å². The Bertz CT molecular complexity index is 335. The third-order valence-electron chi connectivity index (χ3n) is 1.86. The van der Waals surface area contributed by atoms with Crippen molar-refractivity contribution in [3.8, 4) is 0 Å². The second-order valence-corrected chi connectivity index (χ2v) is 3.81. The van der Waals surface area contributed by atoms with Crippen molar-refractivity contribution < 1.29 is 4.79 Å². The number of carbonyl (C=O) groups is 1. The van der Waals surface area contributed by atoms with Crippen molar-refractivity contribution >= 4 is 29.1 Å². The summed E-state index contributed by atoms with van der Waals surface area (Å²) in [6.07, 6.45) is 0.730. The van der Waals surface area contributed by atoms with Crippen LogP contribution in [0.4, 0.5) is 0 Å². The van der Waals surface area contributed by atoms with Gasteiger partial charge in [0.25, 0.3) is 5.91 Å². The maximum atomic E-state index is 11.6. The van der Waals surface area contributed by atoms with E-state index in [1.54, 1.807) is 18.2 Å². The fourth-order valence-corrected chi connectivity index (χ4v) is 1.68. The highest BCUT2D eigenvalue weighted by Crippen LogP contribution is 2.23. The predicted molar refractivity (Wildman–Crippen MR) is 62.5 cm³/mol. The topological polar surface area (TPSA) is 55.1 Å². The summed E-state index contributed by atoms with van der Waals surface area (Å²) in [5, 5.41) is 3.40. The van der Waals surface area contributed by atoms with Crippen LogP contribution < -0.4 is 11.1 Å². The first-order valence-corrected chi connectivity index (χ1v) is 5.34. The van der Waals surface area contributed by atoms with Crippen LogP contribution in [0, 0.1) is 0 Å². The number of carbonyl (C=O) groups excluding carboxylic acids is 1. The number of halogens is 2. The number of amides is 1. The second kappa shape index (κ2) is 5.95. The molecule has 0 aliphatic carbocycles. The molecule has 1 amide bonds. The first kappa shape index (κ1) is 12.3. The molecule has 82 valence electrons. The molecule has 0 radical (unpaired) electrons. The van der Waals surface area contributed by atoms with Crippen LogP contribution in [0.25, 0.3) is 0 Å². The molecule has 0 saturated heterocycles. The molecule has 0 unspecified atom stereocenters. The Balaban J connectivity index is 2.73. The molecular weight excluding hydrogens is 235 g/mol. The third-order valence-corrected chi connectivity index (χ3v) is 2.49. The maximum absolute atomic E-state index is 11.6. The Hall–Kier alpha value is -0.770. The van der Waals surface area contributed by atoms with E-state index in [9.17, 15) is 4.79 Å². The molecule has 0 spiro atoms. The van der Waals surface area contributed by atoms with Gasteiger partial charge in [0.15, 0.2) is 0 Å². The van der Waals surface area contributed by atoms with E-state index in [0.29, 0.717) is 28.7 Å². The molecule has 5 heteroatoms. The monoisotopic (exact) mass is 246 g/mol. The van der Waals surface area contributed by atoms with Crippen molar-refractivity contribution in [1.82, 2.24) is 5.32 Å². The van der Waals surface area contributed by atoms with Gasteiger partial charge in [0.1, 0.15) is 0 Å². The molecule has 1 aromatic carbocycles. The molecule has 0 aliphatic heterocycles. The van der Waals surface area contributed by atoms with Gasteiger partial charge >= 0.3 is 0 Å². The number of hydrogen-bond acceptors (Lipinski definition) is 2. The Kier molecular flexibility index (Phi) is 4.88. The summed E-state index contributed by atoms with van der Waals surface area (Å²) in [7, 11) is 0. The fourth-order valence-electron chi connectivity index (χ4n) is 1.11. The summed E-state index contributed by atoms with van der Waals surface area (Å²) in [6.45, 7) is 1.06. The van der Waals surface area contributed by atoms with E-state index >= 15 is 0 Å². The standard InChI is InChI=1S/C10H12Cl2N2O/c11-7-3-1-4-8(12)9(7)10(15)14-6-2-5-13/h1,3-4H,2,5-6,13H2,(H,14,15). The summed E-state index contributed by atoms with van der Waals surface area (Å²) in [6, 6.07) is 4.96. The minimum atomic E-state index is -0.265. The Morgan fingerprint density at radius 2 is 1.93 bits per heavy atom. The smallest absolute Gasteiger partial charge is 0.254 e. The van der Waals surface area contributed by atoms with Crippen molar-refractivity contribution in [2.75, 3.05) is 13.1 Å². The van der Waals surface area contributed by atoms with Crippen molar-refractivity contribution in [3.05, 3.63) is 33.8 Å². The molecule has 3 nitrogen and oxygen atoms in total. The summed E-state index contributed by atoms with van der Waals surface area (Å²) >= 11 is 11.7. The number of rotatable bonds is 4. The summed E-state index contributed by atoms with van der Waals surface area (Å²) in [5.41, 5.74) is 5.63. The van der Waals surface area contributed by atoms with E-state index in [0.717, 1.165) is 6.42 Å². The van der Waals surface area contributed by atoms with Crippen molar-refractivity contribution in [1.29, 1.82) is 0 Å². The molecule has 0 heterocycles. The van der Waals surface area contributed by atoms with Gasteiger partial charge in [-0.05, 0) is 25.1 Å². The van der Waals surface area contributed by atoms with Gasteiger partial charge in [0.2, 0.25) is 0 Å². The van der Waals surface area contributed by atoms with Crippen LogP contribution in [0.5, 0.6) is 0 Å². The Labute approximate surface area is 98.5 Å². The van der Waals surface area contributed by atoms with Crippen molar-refractivity contribution in [2.24, 2.45) is 5.73 Å². The first-order valence-electron chi connectivity index (χ1n) is 4.59. The van der Waals surface area contributed by atoms with Gasteiger partial charge in [-0.25, -0.2) is 0 Å². The van der Waals surface area contributed by atoms with Crippen LogP contribution in [-0.4, -0.2) is 19.0 Å². The summed E-state index contributed by atoms with van der Waals surface area (Å²) in [5.74, 6) is -0.265. The Morgan fingerprint density at radius 1 is 1.33 bits per heavy atom. The van der Waals surface area contributed by atoms with Gasteiger partial charge in [0, 0.05) is 6.54 Å². The van der Waals surface area contributed by atoms with Gasteiger partial charge in [0.05, 0.1) is 15.6 Å². The van der Waals surface area contributed by atoms with E-state index in [-0.39, 0.29) is 5.91 Å². The zero-order valence-corrected chi connectivity index (χ0v) is 9.61. The molecule has 15 heavy (non-hydrogen) atoms. The molecule has 1 aromatic rings. The highest BCUT2D eigenvalue weighted by Gasteiger charge is 2.13. The molecule has 0 atom stereocenters. The van der Waals surface area contributed by atoms with Gasteiger partial charge in [-0.15, -0.1) is 0 Å². The van der Waals surface area contributed by atoms with E-state index in [4.69, 9.17) is 28.9 Å². The van der Waals surface area contributed by atoms with Gasteiger partial charge in [-0.2, -0.15) is 0 Å². The molecule has 0 aromatic heterocycles. The largest absolute Gasteiger partial charge is 0.352 e. The highest BCUT2D eigenvalue weighted by atomic mass is 35.5. The zero-order chi connectivity index (χ0) is 11.3. The minimum absolute atomic E-state index is 0.265. The van der Waals surface area contributed by atoms with E-state index < -0.39 is 0 Å². The van der Waals surface area contributed by atoms with Crippen LogP contribution in [-0.2, 0) is 0 Å². The lowest BCUT2D eigenvalue weighted by Crippen LogP contribution is -2.26. The lowest BCUT2D eigenvalue weighted by molar-refractivity contribution is 0.0954. The Morgan fingerprint density at radius 3 is 2.47 bits per heavy atom. The number of benzene rings is 1. The second-order valence-electron chi connectivity index (χ2n) is 2.99. The van der Waals surface area contributed by atoms with Crippen LogP contribution >= 0.6 is 23.2 Å². The molecule has 3 N–H and O–H groups in total. The zero-order valence-electron chi connectivity index (χ0n) is 8.09. The SMILES string of the molecule is NCCCNC(=O)c1c(Cl)cccc1Cl. The summed E-state index contributed by atoms with van der Waals surface area (Å²) < 4.78 is 0. The van der Waals surface area contributed by atoms with Crippen molar-refractivity contribution in [3.63, 3.8) is 0 Å². The van der Waals surface area contributed by atoms with E-state index in [1.807, 2.05) is 0 Å². The van der Waals surface area contributed by atoms with Gasteiger partial charge in [-0.1, -0.05) is 29.3 Å². The molecule has 0 aliphatic rings. The maximum Gasteiger partial charge on any atom is 0.254 e.